The van der Waals surface area contributed by atoms with E-state index in [1.807, 2.05) is 16.8 Å². The van der Waals surface area contributed by atoms with Gasteiger partial charge in [0.25, 0.3) is 5.91 Å². The third kappa shape index (κ3) is 3.13. The molecule has 0 radical (unpaired) electrons. The summed E-state index contributed by atoms with van der Waals surface area (Å²) in [6, 6.07) is 4.13. The van der Waals surface area contributed by atoms with Crippen LogP contribution in [0.5, 0.6) is 0 Å². The van der Waals surface area contributed by atoms with Crippen LogP contribution in [0.3, 0.4) is 0 Å². The van der Waals surface area contributed by atoms with Crippen LogP contribution < -0.4 is 5.32 Å². The topological polar surface area (TPSA) is 73.2 Å². The van der Waals surface area contributed by atoms with Gasteiger partial charge in [0.2, 0.25) is 0 Å². The van der Waals surface area contributed by atoms with E-state index in [2.05, 4.69) is 15.0 Å². The minimum atomic E-state index is -0.346. The van der Waals surface area contributed by atoms with Crippen molar-refractivity contribution in [1.82, 2.24) is 9.55 Å². The number of methoxy groups -OCH3 is 1. The monoisotopic (exact) mass is 305 g/mol. The zero-order valence-electron chi connectivity index (χ0n) is 11.5. The average molecular weight is 305 g/mol. The van der Waals surface area contributed by atoms with Gasteiger partial charge >= 0.3 is 5.97 Å². The van der Waals surface area contributed by atoms with Crippen LogP contribution in [0.15, 0.2) is 23.7 Å². The van der Waals surface area contributed by atoms with Crippen LogP contribution in [-0.2, 0) is 16.0 Å². The summed E-state index contributed by atoms with van der Waals surface area (Å²) < 4.78 is 6.59. The van der Waals surface area contributed by atoms with Crippen LogP contribution in [0.2, 0.25) is 0 Å². The predicted molar refractivity (Wildman–Crippen MR) is 78.5 cm³/mol. The minimum Gasteiger partial charge on any atom is -0.469 e. The molecule has 1 N–H and O–H groups in total. The van der Waals surface area contributed by atoms with Crippen molar-refractivity contribution in [3.63, 3.8) is 0 Å². The zero-order chi connectivity index (χ0) is 14.8. The van der Waals surface area contributed by atoms with E-state index >= 15 is 0 Å². The smallest absolute Gasteiger partial charge is 0.311 e. The van der Waals surface area contributed by atoms with E-state index in [0.29, 0.717) is 22.6 Å². The SMILES string of the molecule is COC(=O)Cc1csc(NC(=O)c2cccn2C2CC2)n1. The Morgan fingerprint density at radius 3 is 3.05 bits per heavy atom. The van der Waals surface area contributed by atoms with Crippen molar-refractivity contribution in [1.29, 1.82) is 0 Å². The number of thiazole rings is 1. The standard InChI is InChI=1S/C14H15N3O3S/c1-20-12(18)7-9-8-21-14(15-9)16-13(19)11-3-2-6-17(11)10-4-5-10/h2-3,6,8,10H,4-5,7H2,1H3,(H,15,16,19). The summed E-state index contributed by atoms with van der Waals surface area (Å²) in [6.07, 6.45) is 4.28. The van der Waals surface area contributed by atoms with E-state index in [-0.39, 0.29) is 18.3 Å². The molecule has 2 aromatic rings. The third-order valence-corrected chi connectivity index (χ3v) is 4.08. The molecule has 1 aliphatic carbocycles. The van der Waals surface area contributed by atoms with Gasteiger partial charge in [0.15, 0.2) is 5.13 Å². The summed E-state index contributed by atoms with van der Waals surface area (Å²) in [6.45, 7) is 0. The minimum absolute atomic E-state index is 0.112. The Kier molecular flexibility index (Phi) is 3.74. The molecule has 7 heteroatoms. The van der Waals surface area contributed by atoms with Gasteiger partial charge < -0.3 is 9.30 Å². The maximum absolute atomic E-state index is 12.3. The fourth-order valence-corrected chi connectivity index (χ4v) is 2.79. The molecule has 1 fully saturated rings. The Balaban J connectivity index is 1.67. The van der Waals surface area contributed by atoms with Gasteiger partial charge in [-0.15, -0.1) is 11.3 Å². The fraction of sp³-hybridized carbons (Fsp3) is 0.357. The number of carbonyl (C=O) groups excluding carboxylic acids is 2. The number of carbonyl (C=O) groups is 2. The Morgan fingerprint density at radius 2 is 2.33 bits per heavy atom. The van der Waals surface area contributed by atoms with Crippen molar-refractivity contribution in [2.24, 2.45) is 0 Å². The number of hydrogen-bond donors (Lipinski definition) is 1. The second kappa shape index (κ2) is 5.69. The maximum Gasteiger partial charge on any atom is 0.311 e. The summed E-state index contributed by atoms with van der Waals surface area (Å²) in [5.41, 5.74) is 1.24. The number of hydrogen-bond acceptors (Lipinski definition) is 5. The van der Waals surface area contributed by atoms with E-state index in [1.54, 1.807) is 11.4 Å². The van der Waals surface area contributed by atoms with E-state index in [1.165, 1.54) is 18.4 Å². The highest BCUT2D eigenvalue weighted by molar-refractivity contribution is 7.14. The summed E-state index contributed by atoms with van der Waals surface area (Å²) >= 11 is 1.30. The van der Waals surface area contributed by atoms with Crippen molar-refractivity contribution >= 4 is 28.3 Å². The Hall–Kier alpha value is -2.15. The summed E-state index contributed by atoms with van der Waals surface area (Å²) in [5, 5.41) is 5.01. The van der Waals surface area contributed by atoms with Gasteiger partial charge in [-0.3, -0.25) is 14.9 Å². The summed E-state index contributed by atoms with van der Waals surface area (Å²) in [7, 11) is 1.34. The Morgan fingerprint density at radius 1 is 1.52 bits per heavy atom. The van der Waals surface area contributed by atoms with E-state index < -0.39 is 0 Å². The number of ether oxygens (including phenoxy) is 1. The van der Waals surface area contributed by atoms with Crippen molar-refractivity contribution in [3.05, 3.63) is 35.1 Å². The number of amides is 1. The molecule has 2 heterocycles. The first-order valence-corrected chi connectivity index (χ1v) is 7.54. The summed E-state index contributed by atoms with van der Waals surface area (Å²) in [4.78, 5) is 27.7. The second-order valence-electron chi connectivity index (χ2n) is 4.88. The lowest BCUT2D eigenvalue weighted by Gasteiger charge is -2.06. The van der Waals surface area contributed by atoms with Gasteiger partial charge in [0, 0.05) is 17.6 Å². The molecule has 1 saturated carbocycles. The van der Waals surface area contributed by atoms with Crippen molar-refractivity contribution in [2.45, 2.75) is 25.3 Å². The molecule has 110 valence electrons. The van der Waals surface area contributed by atoms with Gasteiger partial charge in [-0.1, -0.05) is 0 Å². The molecule has 6 nitrogen and oxygen atoms in total. The third-order valence-electron chi connectivity index (χ3n) is 3.28. The zero-order valence-corrected chi connectivity index (χ0v) is 12.4. The molecule has 0 saturated heterocycles. The molecule has 0 aliphatic heterocycles. The van der Waals surface area contributed by atoms with Gasteiger partial charge in [0.1, 0.15) is 5.69 Å². The lowest BCUT2D eigenvalue weighted by atomic mass is 10.3. The number of esters is 1. The number of aromatic nitrogens is 2. The lowest BCUT2D eigenvalue weighted by Crippen LogP contribution is -2.16. The quantitative estimate of drug-likeness (QED) is 0.860. The molecule has 0 atom stereocenters. The van der Waals surface area contributed by atoms with Crippen LogP contribution in [0, 0.1) is 0 Å². The largest absolute Gasteiger partial charge is 0.469 e. The van der Waals surface area contributed by atoms with Crippen LogP contribution in [-0.4, -0.2) is 28.5 Å². The molecule has 0 aromatic carbocycles. The van der Waals surface area contributed by atoms with E-state index in [9.17, 15) is 9.59 Å². The highest BCUT2D eigenvalue weighted by Crippen LogP contribution is 2.36. The highest BCUT2D eigenvalue weighted by atomic mass is 32.1. The number of anilines is 1. The fourth-order valence-electron chi connectivity index (χ4n) is 2.08. The first-order valence-electron chi connectivity index (χ1n) is 6.67. The summed E-state index contributed by atoms with van der Waals surface area (Å²) in [5.74, 6) is -0.522. The first kappa shape index (κ1) is 13.8. The van der Waals surface area contributed by atoms with Crippen molar-refractivity contribution < 1.29 is 14.3 Å². The number of nitrogens with one attached hydrogen (secondary N) is 1. The normalized spacial score (nSPS) is 14.0. The molecular weight excluding hydrogens is 290 g/mol. The van der Waals surface area contributed by atoms with E-state index in [4.69, 9.17) is 0 Å². The molecule has 0 unspecified atom stereocenters. The van der Waals surface area contributed by atoms with Crippen LogP contribution in [0.25, 0.3) is 0 Å². The van der Waals surface area contributed by atoms with Gasteiger partial charge in [-0.25, -0.2) is 4.98 Å². The Bertz CT molecular complexity index is 673. The number of rotatable bonds is 5. The molecule has 3 rings (SSSR count). The highest BCUT2D eigenvalue weighted by Gasteiger charge is 2.26. The van der Waals surface area contributed by atoms with Gasteiger partial charge in [-0.2, -0.15) is 0 Å². The Labute approximate surface area is 125 Å². The van der Waals surface area contributed by atoms with Crippen molar-refractivity contribution in [3.8, 4) is 0 Å². The second-order valence-corrected chi connectivity index (χ2v) is 5.74. The first-order chi connectivity index (χ1) is 10.2. The van der Waals surface area contributed by atoms with Gasteiger partial charge in [-0.05, 0) is 25.0 Å². The lowest BCUT2D eigenvalue weighted by molar-refractivity contribution is -0.139. The van der Waals surface area contributed by atoms with Crippen LogP contribution in [0.1, 0.15) is 35.1 Å². The molecule has 2 aromatic heterocycles. The molecule has 1 amide bonds. The average Bonchev–Trinajstić information content (AvgIpc) is 3.03. The van der Waals surface area contributed by atoms with Crippen LogP contribution in [0.4, 0.5) is 5.13 Å². The van der Waals surface area contributed by atoms with Gasteiger partial charge in [0.05, 0.1) is 19.2 Å². The van der Waals surface area contributed by atoms with E-state index in [0.717, 1.165) is 12.8 Å². The molecule has 0 spiro atoms. The molecule has 1 aliphatic rings. The predicted octanol–water partition coefficient (Wildman–Crippen LogP) is 2.25. The number of nitrogens with zero attached hydrogens (tertiary/aromatic N) is 2. The van der Waals surface area contributed by atoms with Crippen LogP contribution >= 0.6 is 11.3 Å². The molecule has 0 bridgehead atoms. The van der Waals surface area contributed by atoms with Crippen molar-refractivity contribution in [2.75, 3.05) is 12.4 Å². The maximum atomic E-state index is 12.3. The molecule has 21 heavy (non-hydrogen) atoms. The molecular formula is C14H15N3O3S.